The minimum atomic E-state index is -0.863. The van der Waals surface area contributed by atoms with E-state index in [0.29, 0.717) is 36.1 Å². The van der Waals surface area contributed by atoms with Crippen molar-refractivity contribution in [3.63, 3.8) is 0 Å². The molecule has 1 unspecified atom stereocenters. The second kappa shape index (κ2) is 8.75. The van der Waals surface area contributed by atoms with Crippen molar-refractivity contribution in [2.45, 2.75) is 32.1 Å². The lowest BCUT2D eigenvalue weighted by atomic mass is 9.73. The smallest absolute Gasteiger partial charge is 0.161 e. The van der Waals surface area contributed by atoms with E-state index >= 15 is 4.39 Å². The van der Waals surface area contributed by atoms with Crippen LogP contribution in [0.25, 0.3) is 5.76 Å². The number of aliphatic hydroxyl groups is 1. The minimum absolute atomic E-state index is 0.0497. The van der Waals surface area contributed by atoms with E-state index in [-0.39, 0.29) is 28.5 Å². The molecule has 3 aromatic carbocycles. The molecule has 2 aliphatic rings. The van der Waals surface area contributed by atoms with Crippen LogP contribution in [0, 0.1) is 18.2 Å². The normalized spacial score (nSPS) is 19.8. The molecule has 1 aliphatic carbocycles. The Morgan fingerprint density at radius 1 is 1.00 bits per heavy atom. The van der Waals surface area contributed by atoms with Crippen molar-refractivity contribution in [3.8, 4) is 0 Å². The summed E-state index contributed by atoms with van der Waals surface area (Å²) in [6.07, 6.45) is 1.63. The number of benzene rings is 3. The summed E-state index contributed by atoms with van der Waals surface area (Å²) in [4.78, 5) is 15.2. The number of rotatable bonds is 3. The number of carbonyl (C=O) groups excluding carboxylic acids is 1. The van der Waals surface area contributed by atoms with Gasteiger partial charge in [-0.05, 0) is 43.5 Å². The van der Waals surface area contributed by atoms with Crippen molar-refractivity contribution < 1.29 is 14.3 Å². The molecule has 1 heterocycles. The van der Waals surface area contributed by atoms with E-state index in [2.05, 4.69) is 0 Å². The quantitative estimate of drug-likeness (QED) is 0.435. The van der Waals surface area contributed by atoms with E-state index in [1.54, 1.807) is 47.4 Å². The monoisotopic (exact) mass is 452 g/mol. The Labute approximate surface area is 198 Å². The van der Waals surface area contributed by atoms with Crippen LogP contribution in [-0.4, -0.2) is 16.7 Å². The number of aliphatic hydroxyl groups excluding tert-OH is 1. The van der Waals surface area contributed by atoms with Gasteiger partial charge in [0, 0.05) is 46.0 Å². The van der Waals surface area contributed by atoms with Gasteiger partial charge < -0.3 is 5.11 Å². The average molecular weight is 453 g/mol. The molecule has 34 heavy (non-hydrogen) atoms. The first kappa shape index (κ1) is 21.8. The Morgan fingerprint density at radius 2 is 1.74 bits per heavy atom. The third kappa shape index (κ3) is 3.63. The number of hydrogen-bond donors (Lipinski definition) is 2. The largest absolute Gasteiger partial charge is 0.507 e. The molecule has 3 aromatic rings. The van der Waals surface area contributed by atoms with Crippen LogP contribution in [0.5, 0.6) is 0 Å². The molecule has 0 radical (unpaired) electrons. The Balaban J connectivity index is 1.86. The first-order valence-corrected chi connectivity index (χ1v) is 11.4. The van der Waals surface area contributed by atoms with Crippen molar-refractivity contribution in [1.29, 1.82) is 5.41 Å². The number of amidine groups is 1. The number of carbonyl (C=O) groups is 1. The Morgan fingerprint density at radius 3 is 2.47 bits per heavy atom. The molecule has 4 nitrogen and oxygen atoms in total. The van der Waals surface area contributed by atoms with Crippen LogP contribution in [0.3, 0.4) is 0 Å². The first-order valence-electron chi connectivity index (χ1n) is 11.4. The molecule has 170 valence electrons. The lowest BCUT2D eigenvalue weighted by Crippen LogP contribution is -2.42. The van der Waals surface area contributed by atoms with E-state index in [9.17, 15) is 15.3 Å². The van der Waals surface area contributed by atoms with Crippen LogP contribution < -0.4 is 4.90 Å². The number of Topliss-reactive ketones (excluding diaryl/α,β-unsaturated/α-hetero) is 1. The second-order valence-corrected chi connectivity index (χ2v) is 8.74. The van der Waals surface area contributed by atoms with Crippen LogP contribution in [0.4, 0.5) is 10.1 Å². The molecular weight excluding hydrogens is 427 g/mol. The maximum Gasteiger partial charge on any atom is 0.161 e. The molecule has 0 amide bonds. The summed E-state index contributed by atoms with van der Waals surface area (Å²) in [7, 11) is 0. The molecular formula is C29H25FN2O2. The molecule has 0 saturated carbocycles. The Bertz CT molecular complexity index is 1360. The Kier molecular flexibility index (Phi) is 5.62. The number of allylic oxidation sites excluding steroid dienone is 2. The fourth-order valence-electron chi connectivity index (χ4n) is 5.02. The number of nitrogens with zero attached hydrogens (tertiary/aromatic N) is 1. The van der Waals surface area contributed by atoms with Crippen LogP contribution in [0.15, 0.2) is 95.7 Å². The maximum atomic E-state index is 15.2. The molecule has 0 spiro atoms. The first-order chi connectivity index (χ1) is 16.5. The van der Waals surface area contributed by atoms with E-state index in [4.69, 9.17) is 0 Å². The van der Waals surface area contributed by atoms with Gasteiger partial charge in [0.1, 0.15) is 17.4 Å². The highest BCUT2D eigenvalue weighted by molar-refractivity contribution is 6.19. The summed E-state index contributed by atoms with van der Waals surface area (Å²) >= 11 is 0. The average Bonchev–Trinajstić information content (AvgIpc) is 2.84. The Hall–Kier alpha value is -3.99. The van der Waals surface area contributed by atoms with E-state index in [1.807, 2.05) is 37.3 Å². The summed E-state index contributed by atoms with van der Waals surface area (Å²) in [6, 6.07) is 23.0. The number of anilines is 1. The fourth-order valence-corrected chi connectivity index (χ4v) is 5.02. The topological polar surface area (TPSA) is 64.4 Å². The predicted molar refractivity (Wildman–Crippen MR) is 132 cm³/mol. The van der Waals surface area contributed by atoms with E-state index in [0.717, 1.165) is 11.3 Å². The number of halogens is 1. The van der Waals surface area contributed by atoms with Gasteiger partial charge in [-0.15, -0.1) is 0 Å². The maximum absolute atomic E-state index is 15.2. The van der Waals surface area contributed by atoms with Gasteiger partial charge in [0.25, 0.3) is 0 Å². The number of hydrogen-bond acceptors (Lipinski definition) is 3. The number of ketones is 1. The highest BCUT2D eigenvalue weighted by atomic mass is 19.1. The minimum Gasteiger partial charge on any atom is -0.507 e. The number of aryl methyl sites for hydroxylation is 1. The van der Waals surface area contributed by atoms with Crippen LogP contribution in [0.1, 0.15) is 41.9 Å². The van der Waals surface area contributed by atoms with Gasteiger partial charge in [-0.3, -0.25) is 15.1 Å². The zero-order valence-corrected chi connectivity index (χ0v) is 18.9. The van der Waals surface area contributed by atoms with Crippen molar-refractivity contribution in [2.75, 3.05) is 4.90 Å². The predicted octanol–water partition coefficient (Wildman–Crippen LogP) is 6.69. The van der Waals surface area contributed by atoms with E-state index < -0.39 is 11.7 Å². The molecule has 0 saturated heterocycles. The third-order valence-corrected chi connectivity index (χ3v) is 6.53. The zero-order valence-electron chi connectivity index (χ0n) is 18.9. The van der Waals surface area contributed by atoms with Crippen LogP contribution >= 0.6 is 0 Å². The summed E-state index contributed by atoms with van der Waals surface area (Å²) in [5.41, 5.74) is 3.97. The van der Waals surface area contributed by atoms with E-state index in [1.165, 1.54) is 6.07 Å². The molecule has 5 heteroatoms. The lowest BCUT2D eigenvalue weighted by molar-refractivity contribution is -0.116. The molecule has 0 bridgehead atoms. The van der Waals surface area contributed by atoms with Gasteiger partial charge in [0.15, 0.2) is 5.78 Å². The molecule has 1 atom stereocenters. The van der Waals surface area contributed by atoms with Crippen molar-refractivity contribution >= 4 is 23.1 Å². The lowest BCUT2D eigenvalue weighted by Gasteiger charge is -2.42. The molecule has 1 aliphatic heterocycles. The highest BCUT2D eigenvalue weighted by Gasteiger charge is 2.44. The third-order valence-electron chi connectivity index (χ3n) is 6.53. The molecule has 5 rings (SSSR count). The van der Waals surface area contributed by atoms with Crippen molar-refractivity contribution in [1.82, 2.24) is 0 Å². The van der Waals surface area contributed by atoms with Crippen molar-refractivity contribution in [2.24, 2.45) is 0 Å². The van der Waals surface area contributed by atoms with Gasteiger partial charge in [-0.2, -0.15) is 0 Å². The van der Waals surface area contributed by atoms with Crippen LogP contribution in [0.2, 0.25) is 0 Å². The second-order valence-electron chi connectivity index (χ2n) is 8.74. The SMILES string of the molecule is Cc1cccc(N2C(=N)/C(=C(/O)c3ccccc3)C(c3ccccc3F)C3=C2CCCC3=O)c1. The van der Waals surface area contributed by atoms with Crippen molar-refractivity contribution in [3.05, 3.63) is 118 Å². The van der Waals surface area contributed by atoms with Gasteiger partial charge in [-0.25, -0.2) is 4.39 Å². The van der Waals surface area contributed by atoms with Gasteiger partial charge in [-0.1, -0.05) is 60.7 Å². The van der Waals surface area contributed by atoms with Gasteiger partial charge in [0.2, 0.25) is 0 Å². The zero-order chi connectivity index (χ0) is 23.8. The summed E-state index contributed by atoms with van der Waals surface area (Å²) in [5, 5.41) is 20.8. The highest BCUT2D eigenvalue weighted by Crippen LogP contribution is 2.48. The standard InChI is InChI=1S/C29H25FN2O2/c1-18-9-7-12-20(17-18)32-23-15-8-16-24(33)26(23)25(21-13-5-6-14-22(21)30)27(29(32)31)28(34)19-10-3-2-4-11-19/h2-7,9-14,17,25,31,34H,8,15-16H2,1H3/b28-27+,31-29?. The summed E-state index contributed by atoms with van der Waals surface area (Å²) in [5.74, 6) is -1.47. The van der Waals surface area contributed by atoms with Crippen LogP contribution in [-0.2, 0) is 4.79 Å². The molecule has 0 fully saturated rings. The summed E-state index contributed by atoms with van der Waals surface area (Å²) in [6.45, 7) is 1.97. The summed E-state index contributed by atoms with van der Waals surface area (Å²) < 4.78 is 15.2. The van der Waals surface area contributed by atoms with Gasteiger partial charge in [0.05, 0.1) is 0 Å². The molecule has 2 N–H and O–H groups in total. The fraction of sp³-hybridized carbons (Fsp3) is 0.172. The molecule has 0 aromatic heterocycles. The van der Waals surface area contributed by atoms with Gasteiger partial charge >= 0.3 is 0 Å². The number of nitrogens with one attached hydrogen (secondary N) is 1.